The molecule has 5 aromatic rings. The van der Waals surface area contributed by atoms with E-state index in [4.69, 9.17) is 9.72 Å². The van der Waals surface area contributed by atoms with Crippen LogP contribution < -0.4 is 5.32 Å². The second-order valence-corrected chi connectivity index (χ2v) is 12.7. The van der Waals surface area contributed by atoms with Crippen LogP contribution in [0.5, 0.6) is 0 Å². The van der Waals surface area contributed by atoms with Crippen molar-refractivity contribution in [1.29, 1.82) is 0 Å². The van der Waals surface area contributed by atoms with Crippen molar-refractivity contribution in [2.75, 3.05) is 33.2 Å². The first-order valence-corrected chi connectivity index (χ1v) is 16.5. The zero-order valence-corrected chi connectivity index (χ0v) is 26.3. The summed E-state index contributed by atoms with van der Waals surface area (Å²) in [6, 6.07) is 32.5. The number of ether oxygens (including phenoxy) is 1. The van der Waals surface area contributed by atoms with Crippen LogP contribution in [-0.4, -0.2) is 76.7 Å². The van der Waals surface area contributed by atoms with Gasteiger partial charge in [-0.1, -0.05) is 84.9 Å². The molecule has 236 valence electrons. The summed E-state index contributed by atoms with van der Waals surface area (Å²) in [6.45, 7) is 2.99. The molecule has 2 aliphatic heterocycles. The fourth-order valence-electron chi connectivity index (χ4n) is 7.00. The van der Waals surface area contributed by atoms with Gasteiger partial charge in [-0.25, -0.2) is 9.78 Å². The first kappa shape index (κ1) is 30.0. The molecule has 3 heterocycles. The molecule has 1 N–H and O–H groups in total. The standard InChI is InChI=1S/C38H41N5O3/c1-41-21-19-32(20-22-41)46-38(45)40-34(26-27-15-16-28-9-5-6-12-30(28)25-27)37(44)42-23-17-31(18-24-42)43-35-14-8-7-13-33(35)39-36(43)29-10-3-2-4-11-29/h2-16,25,31-32,34H,17-24,26H2,1H3,(H,40,45)/t34-/m1/s1. The van der Waals surface area contributed by atoms with E-state index in [0.29, 0.717) is 19.5 Å². The highest BCUT2D eigenvalue weighted by Gasteiger charge is 2.32. The summed E-state index contributed by atoms with van der Waals surface area (Å²) < 4.78 is 8.18. The summed E-state index contributed by atoms with van der Waals surface area (Å²) in [5.41, 5.74) is 4.17. The Balaban J connectivity index is 1.09. The fourth-order valence-corrected chi connectivity index (χ4v) is 7.00. The highest BCUT2D eigenvalue weighted by Crippen LogP contribution is 2.33. The van der Waals surface area contributed by atoms with Gasteiger partial charge in [-0.3, -0.25) is 4.79 Å². The van der Waals surface area contributed by atoms with Gasteiger partial charge in [-0.05, 0) is 61.2 Å². The van der Waals surface area contributed by atoms with Crippen LogP contribution in [0.15, 0.2) is 97.1 Å². The van der Waals surface area contributed by atoms with E-state index in [1.54, 1.807) is 0 Å². The van der Waals surface area contributed by atoms with Gasteiger partial charge in [-0.15, -0.1) is 0 Å². The van der Waals surface area contributed by atoms with E-state index in [1.165, 1.54) is 0 Å². The number of imidazole rings is 1. The van der Waals surface area contributed by atoms with Crippen LogP contribution in [0, 0.1) is 0 Å². The van der Waals surface area contributed by atoms with Crippen LogP contribution in [0.2, 0.25) is 0 Å². The number of nitrogens with one attached hydrogen (secondary N) is 1. The van der Waals surface area contributed by atoms with Gasteiger partial charge in [0, 0.05) is 44.2 Å². The van der Waals surface area contributed by atoms with Gasteiger partial charge in [0.25, 0.3) is 0 Å². The number of carbonyl (C=O) groups excluding carboxylic acids is 2. The molecule has 1 atom stereocenters. The highest BCUT2D eigenvalue weighted by atomic mass is 16.6. The number of aromatic nitrogens is 2. The summed E-state index contributed by atoms with van der Waals surface area (Å²) in [5, 5.41) is 5.24. The van der Waals surface area contributed by atoms with Crippen molar-refractivity contribution in [2.24, 2.45) is 0 Å². The predicted octanol–water partition coefficient (Wildman–Crippen LogP) is 6.45. The second kappa shape index (κ2) is 13.3. The summed E-state index contributed by atoms with van der Waals surface area (Å²) >= 11 is 0. The van der Waals surface area contributed by atoms with Gasteiger partial charge in [0.2, 0.25) is 5.91 Å². The fraction of sp³-hybridized carbons (Fsp3) is 0.342. The molecule has 8 nitrogen and oxygen atoms in total. The Kier molecular flexibility index (Phi) is 8.70. The van der Waals surface area contributed by atoms with Crippen LogP contribution in [0.3, 0.4) is 0 Å². The number of fused-ring (bicyclic) bond motifs is 2. The van der Waals surface area contributed by atoms with Crippen molar-refractivity contribution in [3.63, 3.8) is 0 Å². The van der Waals surface area contributed by atoms with Gasteiger partial charge in [0.15, 0.2) is 0 Å². The number of para-hydroxylation sites is 2. The van der Waals surface area contributed by atoms with Crippen LogP contribution in [0.4, 0.5) is 4.79 Å². The Labute approximate surface area is 270 Å². The lowest BCUT2D eigenvalue weighted by Crippen LogP contribution is -2.52. The van der Waals surface area contributed by atoms with Crippen LogP contribution in [0.1, 0.15) is 37.3 Å². The third-order valence-electron chi connectivity index (χ3n) is 9.55. The van der Waals surface area contributed by atoms with Crippen LogP contribution >= 0.6 is 0 Å². The molecular weight excluding hydrogens is 574 g/mol. The molecule has 0 bridgehead atoms. The Morgan fingerprint density at radius 3 is 2.30 bits per heavy atom. The lowest BCUT2D eigenvalue weighted by molar-refractivity contribution is -0.134. The van der Waals surface area contributed by atoms with Gasteiger partial charge in [0.05, 0.1) is 11.0 Å². The van der Waals surface area contributed by atoms with E-state index in [0.717, 1.165) is 77.5 Å². The number of nitrogens with zero attached hydrogens (tertiary/aromatic N) is 4. The topological polar surface area (TPSA) is 79.7 Å². The Morgan fingerprint density at radius 1 is 0.826 bits per heavy atom. The van der Waals surface area contributed by atoms with E-state index in [2.05, 4.69) is 76.4 Å². The molecule has 2 aliphatic rings. The number of rotatable bonds is 7. The molecule has 0 radical (unpaired) electrons. The van der Waals surface area contributed by atoms with Gasteiger partial charge in [-0.2, -0.15) is 0 Å². The van der Waals surface area contributed by atoms with Crippen molar-refractivity contribution in [3.8, 4) is 11.4 Å². The SMILES string of the molecule is CN1CCC(OC(=O)N[C@H](Cc2ccc3ccccc3c2)C(=O)N2CCC(n3c(-c4ccccc4)nc4ccccc43)CC2)CC1. The predicted molar refractivity (Wildman–Crippen MR) is 182 cm³/mol. The van der Waals surface area contributed by atoms with Crippen molar-refractivity contribution >= 4 is 33.8 Å². The second-order valence-electron chi connectivity index (χ2n) is 12.7. The summed E-state index contributed by atoms with van der Waals surface area (Å²) in [4.78, 5) is 36.5. The Hall–Kier alpha value is -4.69. The maximum atomic E-state index is 14.2. The molecule has 46 heavy (non-hydrogen) atoms. The molecule has 2 saturated heterocycles. The number of piperidine rings is 2. The summed E-state index contributed by atoms with van der Waals surface area (Å²) in [6.07, 6.45) is 2.95. The molecule has 7 rings (SSSR count). The number of hydrogen-bond acceptors (Lipinski definition) is 5. The largest absolute Gasteiger partial charge is 0.446 e. The molecule has 0 aliphatic carbocycles. The van der Waals surface area contributed by atoms with E-state index < -0.39 is 12.1 Å². The van der Waals surface area contributed by atoms with Crippen LogP contribution in [-0.2, 0) is 16.0 Å². The number of amides is 2. The zero-order chi connectivity index (χ0) is 31.5. The van der Waals surface area contributed by atoms with Crippen molar-refractivity contribution in [1.82, 2.24) is 24.7 Å². The number of likely N-dealkylation sites (tertiary alicyclic amines) is 2. The monoisotopic (exact) mass is 615 g/mol. The summed E-state index contributed by atoms with van der Waals surface area (Å²) in [5.74, 6) is 0.893. The average Bonchev–Trinajstić information content (AvgIpc) is 3.49. The molecule has 1 aromatic heterocycles. The molecule has 4 aromatic carbocycles. The number of alkyl carbamates (subject to hydrolysis) is 1. The van der Waals surface area contributed by atoms with E-state index in [9.17, 15) is 9.59 Å². The number of hydrogen-bond donors (Lipinski definition) is 1. The van der Waals surface area contributed by atoms with E-state index in [-0.39, 0.29) is 18.1 Å². The molecule has 0 unspecified atom stereocenters. The lowest BCUT2D eigenvalue weighted by Gasteiger charge is -2.36. The first-order valence-electron chi connectivity index (χ1n) is 16.5. The van der Waals surface area contributed by atoms with Crippen molar-refractivity contribution < 1.29 is 14.3 Å². The lowest BCUT2D eigenvalue weighted by atomic mass is 9.99. The molecule has 0 saturated carbocycles. The zero-order valence-electron chi connectivity index (χ0n) is 26.3. The molecule has 2 amide bonds. The smallest absolute Gasteiger partial charge is 0.408 e. The van der Waals surface area contributed by atoms with Crippen molar-refractivity contribution in [2.45, 2.75) is 50.3 Å². The normalized spacial score (nSPS) is 17.3. The molecule has 0 spiro atoms. The summed E-state index contributed by atoms with van der Waals surface area (Å²) in [7, 11) is 2.08. The van der Waals surface area contributed by atoms with Gasteiger partial charge >= 0.3 is 6.09 Å². The first-order chi connectivity index (χ1) is 22.5. The highest BCUT2D eigenvalue weighted by molar-refractivity contribution is 5.87. The third-order valence-corrected chi connectivity index (χ3v) is 9.55. The maximum Gasteiger partial charge on any atom is 0.408 e. The minimum atomic E-state index is -0.717. The van der Waals surface area contributed by atoms with Crippen molar-refractivity contribution in [3.05, 3.63) is 103 Å². The maximum absolute atomic E-state index is 14.2. The molecular formula is C38H41N5O3. The van der Waals surface area contributed by atoms with E-state index >= 15 is 0 Å². The minimum Gasteiger partial charge on any atom is -0.446 e. The quantitative estimate of drug-likeness (QED) is 0.228. The van der Waals surface area contributed by atoms with E-state index in [1.807, 2.05) is 47.4 Å². The number of carbonyl (C=O) groups is 2. The van der Waals surface area contributed by atoms with Gasteiger partial charge < -0.3 is 24.4 Å². The minimum absolute atomic E-state index is 0.0642. The Morgan fingerprint density at radius 2 is 1.52 bits per heavy atom. The molecule has 8 heteroatoms. The number of benzene rings is 4. The van der Waals surface area contributed by atoms with Gasteiger partial charge in [0.1, 0.15) is 18.0 Å². The average molecular weight is 616 g/mol. The molecule has 2 fully saturated rings. The third kappa shape index (κ3) is 6.49. The van der Waals surface area contributed by atoms with Crippen LogP contribution in [0.25, 0.3) is 33.2 Å². The Bertz CT molecular complexity index is 1820.